The van der Waals surface area contributed by atoms with Crippen molar-refractivity contribution in [3.8, 4) is 0 Å². The van der Waals surface area contributed by atoms with E-state index < -0.39 is 10.8 Å². The summed E-state index contributed by atoms with van der Waals surface area (Å²) in [5, 5.41) is 13.6. The largest absolute Gasteiger partial charge is 0.352 e. The second kappa shape index (κ2) is 6.75. The highest BCUT2D eigenvalue weighted by Crippen LogP contribution is 2.22. The summed E-state index contributed by atoms with van der Waals surface area (Å²) in [6.07, 6.45) is 0.827. The normalized spacial score (nSPS) is 10.0. The minimum atomic E-state index is -0.612. The van der Waals surface area contributed by atoms with Crippen molar-refractivity contribution >= 4 is 45.8 Å². The van der Waals surface area contributed by atoms with E-state index in [1.165, 1.54) is 18.2 Å². The number of hydrogen-bond acceptors (Lipinski definition) is 3. The average molecular weight is 369 g/mol. The van der Waals surface area contributed by atoms with E-state index in [1.807, 2.05) is 0 Å². The predicted octanol–water partition coefficient (Wildman–Crippen LogP) is 2.80. The molecule has 1 aromatic carbocycles. The third-order valence-electron chi connectivity index (χ3n) is 2.00. The first-order valence-electron chi connectivity index (χ1n) is 4.84. The number of halogens is 2. The highest BCUT2D eigenvalue weighted by molar-refractivity contribution is 14.1. The van der Waals surface area contributed by atoms with E-state index in [-0.39, 0.29) is 16.3 Å². The molecule has 5 nitrogen and oxygen atoms in total. The lowest BCUT2D eigenvalue weighted by atomic mass is 10.1. The number of nitro benzene ring substituents is 1. The maximum Gasteiger partial charge on any atom is 0.283 e. The van der Waals surface area contributed by atoms with Crippen molar-refractivity contribution in [2.45, 2.75) is 6.42 Å². The molecule has 0 radical (unpaired) electrons. The van der Waals surface area contributed by atoms with Crippen LogP contribution in [0.2, 0.25) is 5.02 Å². The molecule has 17 heavy (non-hydrogen) atoms. The Hall–Kier alpha value is -0.890. The number of hydrogen-bond donors (Lipinski definition) is 1. The molecule has 92 valence electrons. The molecule has 0 spiro atoms. The van der Waals surface area contributed by atoms with Gasteiger partial charge < -0.3 is 5.32 Å². The number of nitrogens with one attached hydrogen (secondary N) is 1. The third kappa shape index (κ3) is 4.12. The first-order valence-corrected chi connectivity index (χ1v) is 6.74. The van der Waals surface area contributed by atoms with Gasteiger partial charge in [-0.25, -0.2) is 0 Å². The molecule has 1 amide bonds. The van der Waals surface area contributed by atoms with E-state index in [0.29, 0.717) is 6.54 Å². The maximum absolute atomic E-state index is 11.7. The number of carbonyl (C=O) groups excluding carboxylic acids is 1. The van der Waals surface area contributed by atoms with Crippen LogP contribution in [-0.4, -0.2) is 21.8 Å². The van der Waals surface area contributed by atoms with Gasteiger partial charge in [-0.05, 0) is 18.6 Å². The molecular weight excluding hydrogens is 358 g/mol. The van der Waals surface area contributed by atoms with Crippen LogP contribution in [0.25, 0.3) is 0 Å². The van der Waals surface area contributed by atoms with Gasteiger partial charge in [0.25, 0.3) is 11.6 Å². The van der Waals surface area contributed by atoms with Gasteiger partial charge in [-0.15, -0.1) is 0 Å². The molecule has 1 aromatic rings. The summed E-state index contributed by atoms with van der Waals surface area (Å²) in [6, 6.07) is 4.00. The van der Waals surface area contributed by atoms with E-state index in [1.54, 1.807) is 0 Å². The fraction of sp³-hybridized carbons (Fsp3) is 0.300. The van der Waals surface area contributed by atoms with Gasteiger partial charge in [0.15, 0.2) is 0 Å². The van der Waals surface area contributed by atoms with Gasteiger partial charge in [0, 0.05) is 22.1 Å². The lowest BCUT2D eigenvalue weighted by molar-refractivity contribution is -0.385. The molecule has 0 aliphatic rings. The standard InChI is InChI=1S/C10H10ClIN2O3/c11-7-2-3-8(9(6-7)14(16)17)10(15)13-5-1-4-12/h2-3,6H,1,4-5H2,(H,13,15). The monoisotopic (exact) mass is 368 g/mol. The lowest BCUT2D eigenvalue weighted by Crippen LogP contribution is -2.25. The van der Waals surface area contributed by atoms with E-state index in [0.717, 1.165) is 10.8 Å². The van der Waals surface area contributed by atoms with Gasteiger partial charge >= 0.3 is 0 Å². The molecule has 7 heteroatoms. The minimum absolute atomic E-state index is 0.0351. The van der Waals surface area contributed by atoms with Gasteiger partial charge in [-0.3, -0.25) is 14.9 Å². The first-order chi connectivity index (χ1) is 8.06. The Morgan fingerprint density at radius 1 is 1.53 bits per heavy atom. The fourth-order valence-corrected chi connectivity index (χ4v) is 1.76. The van der Waals surface area contributed by atoms with E-state index >= 15 is 0 Å². The molecule has 0 aliphatic heterocycles. The fourth-order valence-electron chi connectivity index (χ4n) is 1.21. The molecule has 0 fully saturated rings. The Bertz CT molecular complexity index is 440. The Kier molecular flexibility index (Phi) is 5.63. The van der Waals surface area contributed by atoms with Gasteiger partial charge in [0.1, 0.15) is 5.56 Å². The van der Waals surface area contributed by atoms with Crippen LogP contribution >= 0.6 is 34.2 Å². The summed E-state index contributed by atoms with van der Waals surface area (Å²) in [5.41, 5.74) is -0.239. The van der Waals surface area contributed by atoms with Crippen molar-refractivity contribution in [3.05, 3.63) is 38.9 Å². The van der Waals surface area contributed by atoms with Crippen LogP contribution in [0, 0.1) is 10.1 Å². The van der Waals surface area contributed by atoms with Gasteiger partial charge in [-0.2, -0.15) is 0 Å². The zero-order valence-electron chi connectivity index (χ0n) is 8.78. The van der Waals surface area contributed by atoms with E-state index in [2.05, 4.69) is 27.9 Å². The van der Waals surface area contributed by atoms with Crippen LogP contribution in [0.15, 0.2) is 18.2 Å². The summed E-state index contributed by atoms with van der Waals surface area (Å²) in [4.78, 5) is 21.9. The van der Waals surface area contributed by atoms with Crippen LogP contribution in [0.4, 0.5) is 5.69 Å². The Morgan fingerprint density at radius 3 is 2.82 bits per heavy atom. The Balaban J connectivity index is 2.89. The number of nitrogens with zero attached hydrogens (tertiary/aromatic N) is 1. The van der Waals surface area contributed by atoms with Crippen LogP contribution < -0.4 is 5.32 Å². The molecule has 0 heterocycles. The first kappa shape index (κ1) is 14.2. The van der Waals surface area contributed by atoms with Crippen LogP contribution in [0.1, 0.15) is 16.8 Å². The summed E-state index contributed by atoms with van der Waals surface area (Å²) >= 11 is 7.85. The van der Waals surface area contributed by atoms with Crippen molar-refractivity contribution in [3.63, 3.8) is 0 Å². The average Bonchev–Trinajstić information content (AvgIpc) is 2.29. The topological polar surface area (TPSA) is 72.2 Å². The van der Waals surface area contributed by atoms with Crippen LogP contribution in [-0.2, 0) is 0 Å². The summed E-state index contributed by atoms with van der Waals surface area (Å²) in [6.45, 7) is 0.502. The summed E-state index contributed by atoms with van der Waals surface area (Å²) in [5.74, 6) is -0.446. The molecule has 0 saturated heterocycles. The Labute approximate surface area is 117 Å². The zero-order valence-corrected chi connectivity index (χ0v) is 11.7. The molecule has 1 N–H and O–H groups in total. The maximum atomic E-state index is 11.7. The molecule has 0 atom stereocenters. The molecule has 0 aliphatic carbocycles. The third-order valence-corrected chi connectivity index (χ3v) is 2.99. The van der Waals surface area contributed by atoms with Gasteiger partial charge in [0.05, 0.1) is 4.92 Å². The van der Waals surface area contributed by atoms with Crippen LogP contribution in [0.3, 0.4) is 0 Å². The van der Waals surface area contributed by atoms with E-state index in [4.69, 9.17) is 11.6 Å². The Morgan fingerprint density at radius 2 is 2.24 bits per heavy atom. The molecule has 0 aromatic heterocycles. The number of carbonyl (C=O) groups is 1. The number of nitro groups is 1. The van der Waals surface area contributed by atoms with Crippen molar-refractivity contribution in [2.75, 3.05) is 11.0 Å². The molecule has 1 rings (SSSR count). The molecule has 0 unspecified atom stereocenters. The summed E-state index contributed by atoms with van der Waals surface area (Å²) in [7, 11) is 0. The van der Waals surface area contributed by atoms with E-state index in [9.17, 15) is 14.9 Å². The van der Waals surface area contributed by atoms with Gasteiger partial charge in [-0.1, -0.05) is 34.2 Å². The highest BCUT2D eigenvalue weighted by atomic mass is 127. The molecule has 0 bridgehead atoms. The van der Waals surface area contributed by atoms with Crippen LogP contribution in [0.5, 0.6) is 0 Å². The number of rotatable bonds is 5. The highest BCUT2D eigenvalue weighted by Gasteiger charge is 2.19. The number of amides is 1. The quantitative estimate of drug-likeness (QED) is 0.286. The minimum Gasteiger partial charge on any atom is -0.352 e. The van der Waals surface area contributed by atoms with Crippen molar-refractivity contribution in [1.29, 1.82) is 0 Å². The molecular formula is C10H10ClIN2O3. The van der Waals surface area contributed by atoms with Gasteiger partial charge in [0.2, 0.25) is 0 Å². The van der Waals surface area contributed by atoms with Crippen molar-refractivity contribution < 1.29 is 9.72 Å². The second-order valence-electron chi connectivity index (χ2n) is 3.22. The second-order valence-corrected chi connectivity index (χ2v) is 4.73. The predicted molar refractivity (Wildman–Crippen MR) is 73.9 cm³/mol. The lowest BCUT2D eigenvalue weighted by Gasteiger charge is -2.04. The smallest absolute Gasteiger partial charge is 0.283 e. The zero-order chi connectivity index (χ0) is 12.8. The number of benzene rings is 1. The molecule has 0 saturated carbocycles. The summed E-state index contributed by atoms with van der Waals surface area (Å²) < 4.78 is 0.917. The van der Waals surface area contributed by atoms with Crippen molar-refractivity contribution in [1.82, 2.24) is 5.32 Å². The number of alkyl halides is 1. The van der Waals surface area contributed by atoms with Crippen molar-refractivity contribution in [2.24, 2.45) is 0 Å². The SMILES string of the molecule is O=C(NCCCI)c1ccc(Cl)cc1[N+](=O)[O-].